The molecule has 7 heteroatoms. The summed E-state index contributed by atoms with van der Waals surface area (Å²) in [6.45, 7) is 0. The van der Waals surface area contributed by atoms with Crippen LogP contribution in [0, 0.1) is 0 Å². The van der Waals surface area contributed by atoms with Gasteiger partial charge in [-0.25, -0.2) is 4.79 Å². The van der Waals surface area contributed by atoms with E-state index in [2.05, 4.69) is 15.9 Å². The molecule has 1 N–H and O–H groups in total. The Hall–Kier alpha value is -1.30. The van der Waals surface area contributed by atoms with E-state index in [4.69, 9.17) is 28.3 Å². The van der Waals surface area contributed by atoms with Crippen molar-refractivity contribution in [2.45, 2.75) is 0 Å². The van der Waals surface area contributed by atoms with Crippen molar-refractivity contribution in [2.75, 3.05) is 0 Å². The minimum Gasteiger partial charge on any atom is -0.478 e. The number of nitrogens with zero attached hydrogens (tertiary/aromatic N) is 1. The number of hydrogen-bond acceptors (Lipinski definition) is 2. The number of hydrogen-bond donors (Lipinski definition) is 1. The van der Waals surface area contributed by atoms with E-state index in [1.807, 2.05) is 0 Å². The quantitative estimate of drug-likeness (QED) is 0.830. The third kappa shape index (κ3) is 2.68. The molecule has 0 aliphatic carbocycles. The zero-order chi connectivity index (χ0) is 14.2. The maximum Gasteiger partial charge on any atom is 0.337 e. The molecule has 2 aromatic rings. The normalized spacial score (nSPS) is 10.5. The van der Waals surface area contributed by atoms with Crippen LogP contribution in [0.2, 0.25) is 10.0 Å². The maximum atomic E-state index is 11.8. The molecule has 0 saturated carbocycles. The van der Waals surface area contributed by atoms with Gasteiger partial charge in [-0.15, -0.1) is 0 Å². The molecule has 98 valence electrons. The van der Waals surface area contributed by atoms with Gasteiger partial charge in [0.15, 0.2) is 0 Å². The van der Waals surface area contributed by atoms with Crippen molar-refractivity contribution in [2.24, 2.45) is 0 Å². The van der Waals surface area contributed by atoms with E-state index in [1.165, 1.54) is 12.3 Å². The molecule has 1 heterocycles. The van der Waals surface area contributed by atoms with Crippen LogP contribution in [0.4, 0.5) is 0 Å². The van der Waals surface area contributed by atoms with Gasteiger partial charge in [-0.1, -0.05) is 23.2 Å². The predicted octanol–water partition coefficient (Wildman–Crippen LogP) is 3.61. The van der Waals surface area contributed by atoms with E-state index in [0.29, 0.717) is 10.2 Å². The summed E-state index contributed by atoms with van der Waals surface area (Å²) in [6.07, 6.45) is 1.20. The summed E-state index contributed by atoms with van der Waals surface area (Å²) in [4.78, 5) is 22.7. The lowest BCUT2D eigenvalue weighted by molar-refractivity contribution is 0.0696. The van der Waals surface area contributed by atoms with E-state index >= 15 is 0 Å². The van der Waals surface area contributed by atoms with Crippen LogP contribution in [-0.2, 0) is 0 Å². The number of aromatic nitrogens is 1. The Morgan fingerprint density at radius 1 is 1.16 bits per heavy atom. The van der Waals surface area contributed by atoms with Gasteiger partial charge in [0.05, 0.1) is 21.3 Å². The average molecular weight is 363 g/mol. The molecule has 1 aromatic carbocycles. The van der Waals surface area contributed by atoms with E-state index in [1.54, 1.807) is 12.1 Å². The standard InChI is InChI=1S/C12H6BrCl2NO3/c13-7-2-3-8(11(15)10(7)14)16-5-6(12(18)19)1-4-9(16)17/h1-5H,(H,18,19). The number of carboxylic acids is 1. The molecule has 2 rings (SSSR count). The largest absolute Gasteiger partial charge is 0.478 e. The molecule has 0 aliphatic rings. The van der Waals surface area contributed by atoms with Crippen LogP contribution in [0.25, 0.3) is 5.69 Å². The number of carbonyl (C=O) groups is 1. The van der Waals surface area contributed by atoms with Crippen LogP contribution in [0.5, 0.6) is 0 Å². The second-order valence-electron chi connectivity index (χ2n) is 3.63. The highest BCUT2D eigenvalue weighted by molar-refractivity contribution is 9.10. The first-order valence-corrected chi connectivity index (χ1v) is 6.56. The average Bonchev–Trinajstić information content (AvgIpc) is 2.37. The number of pyridine rings is 1. The summed E-state index contributed by atoms with van der Waals surface area (Å²) < 4.78 is 1.73. The predicted molar refractivity (Wildman–Crippen MR) is 76.7 cm³/mol. The maximum absolute atomic E-state index is 11.8. The van der Waals surface area contributed by atoms with Crippen molar-refractivity contribution < 1.29 is 9.90 Å². The highest BCUT2D eigenvalue weighted by Crippen LogP contribution is 2.34. The molecular formula is C12H6BrCl2NO3. The molecule has 0 atom stereocenters. The molecule has 0 radical (unpaired) electrons. The van der Waals surface area contributed by atoms with Crippen LogP contribution in [0.1, 0.15) is 10.4 Å². The van der Waals surface area contributed by atoms with Crippen molar-refractivity contribution in [3.63, 3.8) is 0 Å². The topological polar surface area (TPSA) is 59.3 Å². The molecule has 4 nitrogen and oxygen atoms in total. The monoisotopic (exact) mass is 361 g/mol. The smallest absolute Gasteiger partial charge is 0.337 e. The molecule has 1 aromatic heterocycles. The first-order valence-electron chi connectivity index (χ1n) is 5.01. The van der Waals surface area contributed by atoms with Gasteiger partial charge < -0.3 is 5.11 Å². The highest BCUT2D eigenvalue weighted by atomic mass is 79.9. The summed E-state index contributed by atoms with van der Waals surface area (Å²) in [5, 5.41) is 9.36. The van der Waals surface area contributed by atoms with Gasteiger partial charge in [-0.05, 0) is 34.1 Å². The second-order valence-corrected chi connectivity index (χ2v) is 5.24. The van der Waals surface area contributed by atoms with Crippen molar-refractivity contribution in [3.05, 3.63) is 60.9 Å². The number of halogens is 3. The summed E-state index contributed by atoms with van der Waals surface area (Å²) in [6, 6.07) is 5.60. The van der Waals surface area contributed by atoms with Crippen LogP contribution in [-0.4, -0.2) is 15.6 Å². The Morgan fingerprint density at radius 3 is 2.47 bits per heavy atom. The fraction of sp³-hybridized carbons (Fsp3) is 0. The zero-order valence-electron chi connectivity index (χ0n) is 9.23. The minimum atomic E-state index is -1.13. The fourth-order valence-electron chi connectivity index (χ4n) is 1.50. The fourth-order valence-corrected chi connectivity index (χ4v) is 2.36. The van der Waals surface area contributed by atoms with Crippen LogP contribution in [0.3, 0.4) is 0 Å². The number of benzene rings is 1. The zero-order valence-corrected chi connectivity index (χ0v) is 12.3. The van der Waals surface area contributed by atoms with Crippen molar-refractivity contribution in [3.8, 4) is 5.69 Å². The van der Waals surface area contributed by atoms with Crippen molar-refractivity contribution in [1.82, 2.24) is 4.57 Å². The lowest BCUT2D eigenvalue weighted by Gasteiger charge is -2.10. The van der Waals surface area contributed by atoms with Crippen molar-refractivity contribution in [1.29, 1.82) is 0 Å². The molecule has 0 spiro atoms. The lowest BCUT2D eigenvalue weighted by Crippen LogP contribution is -2.18. The van der Waals surface area contributed by atoms with E-state index in [9.17, 15) is 9.59 Å². The molecule has 0 aliphatic heterocycles. The summed E-state index contributed by atoms with van der Waals surface area (Å²) in [7, 11) is 0. The number of rotatable bonds is 2. The van der Waals surface area contributed by atoms with Gasteiger partial charge in [0, 0.05) is 16.7 Å². The van der Waals surface area contributed by atoms with Gasteiger partial charge >= 0.3 is 5.97 Å². The number of carboxylic acid groups (broad SMARTS) is 1. The minimum absolute atomic E-state index is 0.0188. The van der Waals surface area contributed by atoms with Crippen LogP contribution in [0.15, 0.2) is 39.7 Å². The molecule has 0 unspecified atom stereocenters. The Morgan fingerprint density at radius 2 is 1.84 bits per heavy atom. The van der Waals surface area contributed by atoms with Gasteiger partial charge in [-0.2, -0.15) is 0 Å². The number of aromatic carboxylic acids is 1. The molecular weight excluding hydrogens is 357 g/mol. The first kappa shape index (κ1) is 14.1. The van der Waals surface area contributed by atoms with Crippen LogP contribution >= 0.6 is 39.1 Å². The van der Waals surface area contributed by atoms with Gasteiger partial charge in [0.2, 0.25) is 0 Å². The molecule has 19 heavy (non-hydrogen) atoms. The van der Waals surface area contributed by atoms with Crippen molar-refractivity contribution >= 4 is 45.1 Å². The van der Waals surface area contributed by atoms with E-state index in [0.717, 1.165) is 10.6 Å². The van der Waals surface area contributed by atoms with Gasteiger partial charge in [0.25, 0.3) is 5.56 Å². The third-order valence-corrected chi connectivity index (χ3v) is 4.19. The van der Waals surface area contributed by atoms with E-state index in [-0.39, 0.29) is 15.6 Å². The Bertz CT molecular complexity index is 727. The summed E-state index contributed by atoms with van der Waals surface area (Å²) in [5.41, 5.74) is -0.0945. The summed E-state index contributed by atoms with van der Waals surface area (Å²) >= 11 is 15.3. The van der Waals surface area contributed by atoms with Gasteiger partial charge in [-0.3, -0.25) is 9.36 Å². The summed E-state index contributed by atoms with van der Waals surface area (Å²) in [5.74, 6) is -1.13. The SMILES string of the molecule is O=C(O)c1ccc(=O)n(-c2ccc(Br)c(Cl)c2Cl)c1. The van der Waals surface area contributed by atoms with Gasteiger partial charge in [0.1, 0.15) is 0 Å². The lowest BCUT2D eigenvalue weighted by atomic mass is 10.2. The molecule has 0 saturated heterocycles. The van der Waals surface area contributed by atoms with Crippen LogP contribution < -0.4 is 5.56 Å². The van der Waals surface area contributed by atoms with E-state index < -0.39 is 11.5 Å². The molecule has 0 bridgehead atoms. The first-order chi connectivity index (χ1) is 8.91. The molecule has 0 fully saturated rings. The Balaban J connectivity index is 2.72. The highest BCUT2D eigenvalue weighted by Gasteiger charge is 2.13. The Kier molecular flexibility index (Phi) is 3.99. The Labute approximate surface area is 126 Å². The molecule has 0 amide bonds. The third-order valence-electron chi connectivity index (χ3n) is 2.43. The second kappa shape index (κ2) is 5.36.